The molecule has 0 aliphatic carbocycles. The maximum atomic E-state index is 12.9. The lowest BCUT2D eigenvalue weighted by molar-refractivity contribution is -0.463. The van der Waals surface area contributed by atoms with Crippen molar-refractivity contribution in [2.24, 2.45) is 4.99 Å². The second-order valence-electron chi connectivity index (χ2n) is 5.80. The van der Waals surface area contributed by atoms with E-state index in [4.69, 9.17) is 11.6 Å². The van der Waals surface area contributed by atoms with Crippen LogP contribution in [0.15, 0.2) is 47.5 Å². The Hall–Kier alpha value is -2.82. The molecule has 0 bridgehead atoms. The summed E-state index contributed by atoms with van der Waals surface area (Å²) in [6, 6.07) is 7.09. The minimum absolute atomic E-state index is 0.0402. The summed E-state index contributed by atoms with van der Waals surface area (Å²) in [6.45, 7) is -1.06. The molecule has 0 aromatic heterocycles. The summed E-state index contributed by atoms with van der Waals surface area (Å²) in [5.41, 5.74) is -3.19. The summed E-state index contributed by atoms with van der Waals surface area (Å²) in [5, 5.41) is 13.4. The lowest BCUT2D eigenvalue weighted by Crippen LogP contribution is -2.23. The first-order valence-electron chi connectivity index (χ1n) is 7.80. The van der Waals surface area contributed by atoms with E-state index in [-0.39, 0.29) is 12.6 Å². The first kappa shape index (κ1) is 22.5. The molecule has 2 rings (SSSR count). The lowest BCUT2D eigenvalue weighted by Gasteiger charge is -2.15. The minimum atomic E-state index is -5.04. The van der Waals surface area contributed by atoms with Crippen LogP contribution in [0.2, 0.25) is 5.02 Å². The van der Waals surface area contributed by atoms with Crippen molar-refractivity contribution in [3.63, 3.8) is 0 Å². The van der Waals surface area contributed by atoms with Crippen molar-refractivity contribution in [1.82, 2.24) is 0 Å². The number of hydrogen-bond donors (Lipinski definition) is 1. The fourth-order valence-corrected chi connectivity index (χ4v) is 2.48. The molecule has 1 N–H and O–H groups in total. The fourth-order valence-electron chi connectivity index (χ4n) is 2.27. The summed E-state index contributed by atoms with van der Waals surface area (Å²) in [5.74, 6) is -0.414. The zero-order valence-electron chi connectivity index (χ0n) is 14.3. The standard InChI is InChI=1S/C17H12ClF6N3O2/c18-13-3-1-2-10(4-13)8-25-15(9-27(28)29)26-14-6-11(16(19,20)21)5-12(7-14)17(22,23)24/h1-7H,8-9H2,(H,25,26). The van der Waals surface area contributed by atoms with Crippen LogP contribution in [-0.4, -0.2) is 17.3 Å². The van der Waals surface area contributed by atoms with Crippen molar-refractivity contribution in [3.8, 4) is 0 Å². The number of hydrogen-bond acceptors (Lipinski definition) is 3. The van der Waals surface area contributed by atoms with Gasteiger partial charge in [-0.2, -0.15) is 26.3 Å². The van der Waals surface area contributed by atoms with Gasteiger partial charge in [0.1, 0.15) is 0 Å². The minimum Gasteiger partial charge on any atom is -0.338 e. The number of nitro groups is 1. The molecular weight excluding hydrogens is 428 g/mol. The van der Waals surface area contributed by atoms with Crippen molar-refractivity contribution < 1.29 is 31.3 Å². The Labute approximate surface area is 165 Å². The molecule has 2 aromatic carbocycles. The average molecular weight is 440 g/mol. The maximum absolute atomic E-state index is 12.9. The molecule has 0 saturated carbocycles. The van der Waals surface area contributed by atoms with Gasteiger partial charge in [-0.3, -0.25) is 15.1 Å². The molecule has 2 aromatic rings. The van der Waals surface area contributed by atoms with Gasteiger partial charge in [0.05, 0.1) is 17.7 Å². The predicted molar refractivity (Wildman–Crippen MR) is 94.5 cm³/mol. The number of anilines is 1. The van der Waals surface area contributed by atoms with Gasteiger partial charge in [-0.1, -0.05) is 23.7 Å². The second-order valence-corrected chi connectivity index (χ2v) is 6.24. The smallest absolute Gasteiger partial charge is 0.338 e. The number of amidine groups is 1. The normalized spacial score (nSPS) is 12.7. The van der Waals surface area contributed by atoms with Crippen LogP contribution in [0, 0.1) is 10.1 Å². The number of alkyl halides is 6. The van der Waals surface area contributed by atoms with E-state index in [9.17, 15) is 36.5 Å². The molecule has 0 amide bonds. The Morgan fingerprint density at radius 2 is 1.62 bits per heavy atom. The van der Waals surface area contributed by atoms with E-state index in [2.05, 4.69) is 10.3 Å². The monoisotopic (exact) mass is 439 g/mol. The van der Waals surface area contributed by atoms with E-state index < -0.39 is 46.5 Å². The van der Waals surface area contributed by atoms with Crippen LogP contribution in [0.3, 0.4) is 0 Å². The zero-order valence-corrected chi connectivity index (χ0v) is 15.1. The number of rotatable bonds is 5. The van der Waals surface area contributed by atoms with E-state index in [0.29, 0.717) is 22.7 Å². The van der Waals surface area contributed by atoms with Crippen LogP contribution in [0.25, 0.3) is 0 Å². The highest BCUT2D eigenvalue weighted by atomic mass is 35.5. The number of aliphatic imine (C=N–C) groups is 1. The van der Waals surface area contributed by atoms with Crippen LogP contribution < -0.4 is 5.32 Å². The summed E-state index contributed by atoms with van der Waals surface area (Å²) in [6.07, 6.45) is -10.1. The molecule has 0 spiro atoms. The second kappa shape index (κ2) is 8.68. The number of halogens is 7. The van der Waals surface area contributed by atoms with Gasteiger partial charge in [0, 0.05) is 15.6 Å². The first-order chi connectivity index (χ1) is 13.3. The molecule has 0 saturated heterocycles. The van der Waals surface area contributed by atoms with Crippen molar-refractivity contribution >= 4 is 23.1 Å². The first-order valence-corrected chi connectivity index (χ1v) is 8.18. The number of nitrogens with one attached hydrogen (secondary N) is 1. The van der Waals surface area contributed by atoms with E-state index in [1.807, 2.05) is 0 Å². The van der Waals surface area contributed by atoms with Crippen LogP contribution in [0.4, 0.5) is 32.0 Å². The molecule has 12 heteroatoms. The number of nitrogens with zero attached hydrogens (tertiary/aromatic N) is 2. The average Bonchev–Trinajstić information content (AvgIpc) is 2.57. The van der Waals surface area contributed by atoms with Gasteiger partial charge >= 0.3 is 12.4 Å². The van der Waals surface area contributed by atoms with Gasteiger partial charge in [-0.15, -0.1) is 0 Å². The largest absolute Gasteiger partial charge is 0.416 e. The quantitative estimate of drug-likeness (QED) is 0.215. The summed E-state index contributed by atoms with van der Waals surface area (Å²) in [7, 11) is 0. The Morgan fingerprint density at radius 1 is 1.03 bits per heavy atom. The topological polar surface area (TPSA) is 67.5 Å². The summed E-state index contributed by atoms with van der Waals surface area (Å²) >= 11 is 5.81. The summed E-state index contributed by atoms with van der Waals surface area (Å²) < 4.78 is 77.7. The molecule has 0 unspecified atom stereocenters. The molecule has 29 heavy (non-hydrogen) atoms. The fraction of sp³-hybridized carbons (Fsp3) is 0.235. The molecule has 0 atom stereocenters. The van der Waals surface area contributed by atoms with Crippen LogP contribution >= 0.6 is 11.6 Å². The van der Waals surface area contributed by atoms with Gasteiger partial charge in [-0.25, -0.2) is 0 Å². The summed E-state index contributed by atoms with van der Waals surface area (Å²) in [4.78, 5) is 13.9. The Morgan fingerprint density at radius 3 is 2.10 bits per heavy atom. The molecule has 0 aliphatic rings. The predicted octanol–water partition coefficient (Wildman–Crippen LogP) is 5.66. The van der Waals surface area contributed by atoms with E-state index in [0.717, 1.165) is 0 Å². The van der Waals surface area contributed by atoms with Crippen LogP contribution in [0.1, 0.15) is 16.7 Å². The van der Waals surface area contributed by atoms with Gasteiger partial charge in [0.25, 0.3) is 6.54 Å². The van der Waals surface area contributed by atoms with Crippen LogP contribution in [0.5, 0.6) is 0 Å². The third-order valence-corrected chi connectivity index (χ3v) is 3.73. The third-order valence-electron chi connectivity index (χ3n) is 3.50. The highest BCUT2D eigenvalue weighted by molar-refractivity contribution is 6.30. The van der Waals surface area contributed by atoms with Gasteiger partial charge in [0.2, 0.25) is 0 Å². The molecule has 0 aliphatic heterocycles. The van der Waals surface area contributed by atoms with Crippen molar-refractivity contribution in [2.45, 2.75) is 18.9 Å². The maximum Gasteiger partial charge on any atom is 0.416 e. The highest BCUT2D eigenvalue weighted by Crippen LogP contribution is 2.37. The lowest BCUT2D eigenvalue weighted by atomic mass is 10.1. The van der Waals surface area contributed by atoms with Gasteiger partial charge in [0.15, 0.2) is 5.84 Å². The van der Waals surface area contributed by atoms with Crippen LogP contribution in [-0.2, 0) is 18.9 Å². The van der Waals surface area contributed by atoms with E-state index in [1.165, 1.54) is 6.07 Å². The van der Waals surface area contributed by atoms with Crippen molar-refractivity contribution in [2.75, 3.05) is 11.9 Å². The van der Waals surface area contributed by atoms with E-state index >= 15 is 0 Å². The Balaban J connectivity index is 2.39. The molecule has 0 heterocycles. The molecule has 0 radical (unpaired) electrons. The Kier molecular flexibility index (Phi) is 6.73. The number of benzene rings is 2. The zero-order chi connectivity index (χ0) is 21.8. The Bertz CT molecular complexity index is 896. The molecule has 0 fully saturated rings. The van der Waals surface area contributed by atoms with E-state index in [1.54, 1.807) is 18.2 Å². The SMILES string of the molecule is O=[N+]([O-])CC(=NCc1cccc(Cl)c1)Nc1cc(C(F)(F)F)cc(C(F)(F)F)c1. The van der Waals surface area contributed by atoms with Crippen molar-refractivity contribution in [3.05, 3.63) is 74.3 Å². The van der Waals surface area contributed by atoms with Crippen molar-refractivity contribution in [1.29, 1.82) is 0 Å². The van der Waals surface area contributed by atoms with Gasteiger partial charge in [-0.05, 0) is 35.9 Å². The highest BCUT2D eigenvalue weighted by Gasteiger charge is 2.37. The molecular formula is C17H12ClF6N3O2. The van der Waals surface area contributed by atoms with Gasteiger partial charge < -0.3 is 5.32 Å². The molecule has 5 nitrogen and oxygen atoms in total. The molecule has 156 valence electrons. The third kappa shape index (κ3) is 6.93.